The monoisotopic (exact) mass is 208 g/mol. The number of amides is 1. The highest BCUT2D eigenvalue weighted by Crippen LogP contribution is 1.95. The van der Waals surface area contributed by atoms with Gasteiger partial charge in [0.15, 0.2) is 0 Å². The van der Waals surface area contributed by atoms with Crippen molar-refractivity contribution in [3.63, 3.8) is 0 Å². The third-order valence-electron chi connectivity index (χ3n) is 2.01. The van der Waals surface area contributed by atoms with E-state index < -0.39 is 12.3 Å². The summed E-state index contributed by atoms with van der Waals surface area (Å²) in [6.45, 7) is 8.01. The van der Waals surface area contributed by atoms with Gasteiger partial charge in [-0.05, 0) is 20.0 Å². The molecule has 0 radical (unpaired) electrons. The number of hydrogen-bond donors (Lipinski definition) is 1. The van der Waals surface area contributed by atoms with Crippen molar-refractivity contribution in [3.05, 3.63) is 0 Å². The van der Waals surface area contributed by atoms with Gasteiger partial charge in [0.05, 0.1) is 0 Å². The molecule has 0 saturated carbocycles. The van der Waals surface area contributed by atoms with Crippen molar-refractivity contribution in [1.82, 2.24) is 10.2 Å². The summed E-state index contributed by atoms with van der Waals surface area (Å²) in [6.07, 6.45) is -2.92. The maximum Gasteiger partial charge on any atom is 0.315 e. The zero-order chi connectivity index (χ0) is 11.1. The SMILES string of the molecule is CCN(CC)CC(C)NC(=O)C(F)F. The van der Waals surface area contributed by atoms with Gasteiger partial charge in [0.2, 0.25) is 0 Å². The summed E-state index contributed by atoms with van der Waals surface area (Å²) in [5, 5.41) is 2.25. The first-order valence-corrected chi connectivity index (χ1v) is 4.82. The molecular weight excluding hydrogens is 190 g/mol. The van der Waals surface area contributed by atoms with Gasteiger partial charge >= 0.3 is 6.43 Å². The predicted molar refractivity (Wildman–Crippen MR) is 51.4 cm³/mol. The number of carbonyl (C=O) groups excluding carboxylic acids is 1. The van der Waals surface area contributed by atoms with Crippen LogP contribution in [-0.2, 0) is 4.79 Å². The van der Waals surface area contributed by atoms with E-state index in [1.807, 2.05) is 13.8 Å². The van der Waals surface area contributed by atoms with Gasteiger partial charge in [-0.15, -0.1) is 0 Å². The van der Waals surface area contributed by atoms with Crippen molar-refractivity contribution in [2.75, 3.05) is 19.6 Å². The van der Waals surface area contributed by atoms with E-state index in [1.165, 1.54) is 0 Å². The van der Waals surface area contributed by atoms with E-state index in [2.05, 4.69) is 10.2 Å². The van der Waals surface area contributed by atoms with Crippen molar-refractivity contribution in [2.24, 2.45) is 0 Å². The molecule has 0 bridgehead atoms. The lowest BCUT2D eigenvalue weighted by atomic mass is 10.3. The van der Waals surface area contributed by atoms with E-state index in [0.29, 0.717) is 6.54 Å². The summed E-state index contributed by atoms with van der Waals surface area (Å²) in [5.74, 6) is -1.19. The van der Waals surface area contributed by atoms with Crippen molar-refractivity contribution < 1.29 is 13.6 Å². The fourth-order valence-corrected chi connectivity index (χ4v) is 1.22. The van der Waals surface area contributed by atoms with Crippen LogP contribution in [0.2, 0.25) is 0 Å². The smallest absolute Gasteiger partial charge is 0.315 e. The molecule has 0 aromatic rings. The maximum absolute atomic E-state index is 11.9. The van der Waals surface area contributed by atoms with E-state index in [1.54, 1.807) is 6.92 Å². The van der Waals surface area contributed by atoms with E-state index in [4.69, 9.17) is 0 Å². The Balaban J connectivity index is 3.84. The Kier molecular flexibility index (Phi) is 6.36. The zero-order valence-electron chi connectivity index (χ0n) is 8.89. The number of rotatable bonds is 6. The molecule has 0 aliphatic heterocycles. The lowest BCUT2D eigenvalue weighted by Gasteiger charge is -2.23. The molecule has 0 rings (SSSR count). The molecule has 1 unspecified atom stereocenters. The van der Waals surface area contributed by atoms with Crippen LogP contribution in [0.15, 0.2) is 0 Å². The van der Waals surface area contributed by atoms with E-state index in [0.717, 1.165) is 13.1 Å². The van der Waals surface area contributed by atoms with Gasteiger partial charge < -0.3 is 10.2 Å². The summed E-state index contributed by atoms with van der Waals surface area (Å²) < 4.78 is 23.7. The highest BCUT2D eigenvalue weighted by atomic mass is 19.3. The minimum atomic E-state index is -2.92. The maximum atomic E-state index is 11.9. The van der Waals surface area contributed by atoms with Gasteiger partial charge in [-0.25, -0.2) is 0 Å². The third-order valence-corrected chi connectivity index (χ3v) is 2.01. The number of hydrogen-bond acceptors (Lipinski definition) is 2. The first-order chi connectivity index (χ1) is 6.51. The molecule has 0 heterocycles. The average molecular weight is 208 g/mol. The molecule has 3 nitrogen and oxygen atoms in total. The molecule has 0 aliphatic carbocycles. The molecule has 1 amide bonds. The van der Waals surface area contributed by atoms with Gasteiger partial charge in [-0.1, -0.05) is 13.8 Å². The lowest BCUT2D eigenvalue weighted by Crippen LogP contribution is -2.44. The molecule has 0 spiro atoms. The Morgan fingerprint density at radius 1 is 1.36 bits per heavy atom. The molecule has 0 saturated heterocycles. The van der Waals surface area contributed by atoms with Crippen molar-refractivity contribution in [2.45, 2.75) is 33.2 Å². The Morgan fingerprint density at radius 2 is 1.86 bits per heavy atom. The van der Waals surface area contributed by atoms with E-state index >= 15 is 0 Å². The van der Waals surface area contributed by atoms with Crippen LogP contribution in [0, 0.1) is 0 Å². The average Bonchev–Trinajstić information content (AvgIpc) is 2.13. The topological polar surface area (TPSA) is 32.3 Å². The number of nitrogens with one attached hydrogen (secondary N) is 1. The van der Waals surface area contributed by atoms with E-state index in [-0.39, 0.29) is 6.04 Å². The van der Waals surface area contributed by atoms with Crippen LogP contribution in [0.5, 0.6) is 0 Å². The fourth-order valence-electron chi connectivity index (χ4n) is 1.22. The molecule has 0 aliphatic rings. The first-order valence-electron chi connectivity index (χ1n) is 4.82. The Hall–Kier alpha value is -0.710. The standard InChI is InChI=1S/C9H18F2N2O/c1-4-13(5-2)6-7(3)12-9(14)8(10)11/h7-8H,4-6H2,1-3H3,(H,12,14). The Bertz CT molecular complexity index is 172. The highest BCUT2D eigenvalue weighted by Gasteiger charge is 2.17. The number of carbonyl (C=O) groups is 1. The third kappa shape index (κ3) is 5.11. The zero-order valence-corrected chi connectivity index (χ0v) is 8.89. The first kappa shape index (κ1) is 13.3. The van der Waals surface area contributed by atoms with E-state index in [9.17, 15) is 13.6 Å². The molecule has 84 valence electrons. The van der Waals surface area contributed by atoms with Crippen molar-refractivity contribution >= 4 is 5.91 Å². The molecule has 0 aromatic heterocycles. The minimum absolute atomic E-state index is 0.239. The molecule has 1 N–H and O–H groups in total. The van der Waals surface area contributed by atoms with Gasteiger partial charge in [0, 0.05) is 12.6 Å². The molecule has 5 heteroatoms. The molecular formula is C9H18F2N2O. The number of alkyl halides is 2. The van der Waals surface area contributed by atoms with Gasteiger partial charge in [-0.2, -0.15) is 8.78 Å². The van der Waals surface area contributed by atoms with Crippen LogP contribution < -0.4 is 5.32 Å². The van der Waals surface area contributed by atoms with Crippen LogP contribution in [0.3, 0.4) is 0 Å². The quantitative estimate of drug-likeness (QED) is 0.709. The minimum Gasteiger partial charge on any atom is -0.347 e. The molecule has 14 heavy (non-hydrogen) atoms. The fraction of sp³-hybridized carbons (Fsp3) is 0.889. The van der Waals surface area contributed by atoms with Gasteiger partial charge in [0.25, 0.3) is 5.91 Å². The number of nitrogens with zero attached hydrogens (tertiary/aromatic N) is 1. The largest absolute Gasteiger partial charge is 0.347 e. The second kappa shape index (κ2) is 6.70. The predicted octanol–water partition coefficient (Wildman–Crippen LogP) is 1.10. The summed E-state index contributed by atoms with van der Waals surface area (Å²) in [4.78, 5) is 12.7. The van der Waals surface area contributed by atoms with Gasteiger partial charge in [0.1, 0.15) is 0 Å². The van der Waals surface area contributed by atoms with Crippen molar-refractivity contribution in [3.8, 4) is 0 Å². The van der Waals surface area contributed by atoms with Crippen LogP contribution in [0.4, 0.5) is 8.78 Å². The Morgan fingerprint density at radius 3 is 2.21 bits per heavy atom. The highest BCUT2D eigenvalue weighted by molar-refractivity contribution is 5.79. The van der Waals surface area contributed by atoms with Crippen LogP contribution in [0.1, 0.15) is 20.8 Å². The van der Waals surface area contributed by atoms with Crippen LogP contribution in [-0.4, -0.2) is 42.9 Å². The Labute approximate surface area is 83.5 Å². The molecule has 0 fully saturated rings. The van der Waals surface area contributed by atoms with Gasteiger partial charge in [-0.3, -0.25) is 4.79 Å². The number of likely N-dealkylation sites (N-methyl/N-ethyl adjacent to an activating group) is 1. The molecule has 0 aromatic carbocycles. The second-order valence-electron chi connectivity index (χ2n) is 3.20. The second-order valence-corrected chi connectivity index (χ2v) is 3.20. The van der Waals surface area contributed by atoms with Crippen molar-refractivity contribution in [1.29, 1.82) is 0 Å². The summed E-state index contributed by atoms with van der Waals surface area (Å²) >= 11 is 0. The van der Waals surface area contributed by atoms with Crippen LogP contribution >= 0.6 is 0 Å². The summed E-state index contributed by atoms with van der Waals surface area (Å²) in [7, 11) is 0. The van der Waals surface area contributed by atoms with Crippen LogP contribution in [0.25, 0.3) is 0 Å². The normalized spacial score (nSPS) is 13.4. The number of halogens is 2. The summed E-state index contributed by atoms with van der Waals surface area (Å²) in [5.41, 5.74) is 0. The summed E-state index contributed by atoms with van der Waals surface area (Å²) in [6, 6.07) is -0.239. The lowest BCUT2D eigenvalue weighted by molar-refractivity contribution is -0.132. The molecule has 1 atom stereocenters.